The highest BCUT2D eigenvalue weighted by molar-refractivity contribution is 7.80. The van der Waals surface area contributed by atoms with Gasteiger partial charge in [0.1, 0.15) is 0 Å². The maximum atomic E-state index is 13.1. The highest BCUT2D eigenvalue weighted by Crippen LogP contribution is 2.25. The van der Waals surface area contributed by atoms with Crippen molar-refractivity contribution in [1.29, 1.82) is 0 Å². The van der Waals surface area contributed by atoms with Gasteiger partial charge in [-0.05, 0) is 48.0 Å². The zero-order chi connectivity index (χ0) is 21.5. The summed E-state index contributed by atoms with van der Waals surface area (Å²) in [7, 11) is 0. The SMILES string of the molecule is CC(=O)Nc1cc(NC(=S)NC(=O)C(c2ccccc2)c2ccccc2)ccc1C. The Morgan fingerprint density at radius 3 is 1.93 bits per heavy atom. The van der Waals surface area contributed by atoms with E-state index in [1.807, 2.05) is 79.7 Å². The van der Waals surface area contributed by atoms with Crippen LogP contribution in [0, 0.1) is 6.92 Å². The van der Waals surface area contributed by atoms with Gasteiger partial charge in [0.2, 0.25) is 11.8 Å². The van der Waals surface area contributed by atoms with Crippen molar-refractivity contribution < 1.29 is 9.59 Å². The van der Waals surface area contributed by atoms with Crippen LogP contribution in [0.15, 0.2) is 78.9 Å². The third kappa shape index (κ3) is 5.52. The van der Waals surface area contributed by atoms with Gasteiger partial charge in [-0.2, -0.15) is 0 Å². The number of benzene rings is 3. The first-order valence-electron chi connectivity index (χ1n) is 9.54. The molecule has 0 bridgehead atoms. The summed E-state index contributed by atoms with van der Waals surface area (Å²) in [5.41, 5.74) is 4.05. The molecular weight excluding hydrogens is 394 g/mol. The van der Waals surface area contributed by atoms with Crippen molar-refractivity contribution in [1.82, 2.24) is 5.32 Å². The maximum Gasteiger partial charge on any atom is 0.238 e. The van der Waals surface area contributed by atoms with Crippen molar-refractivity contribution in [3.63, 3.8) is 0 Å². The van der Waals surface area contributed by atoms with Crippen molar-refractivity contribution in [2.45, 2.75) is 19.8 Å². The molecule has 0 atom stereocenters. The molecule has 0 fully saturated rings. The average molecular weight is 418 g/mol. The minimum Gasteiger partial charge on any atom is -0.332 e. The Balaban J connectivity index is 1.76. The second kappa shape index (κ2) is 9.80. The zero-order valence-corrected chi connectivity index (χ0v) is 17.6. The van der Waals surface area contributed by atoms with Gasteiger partial charge < -0.3 is 16.0 Å². The summed E-state index contributed by atoms with van der Waals surface area (Å²) in [6.07, 6.45) is 0. The van der Waals surface area contributed by atoms with Crippen LogP contribution in [0.3, 0.4) is 0 Å². The molecule has 3 rings (SSSR count). The normalized spacial score (nSPS) is 10.4. The Morgan fingerprint density at radius 2 is 1.40 bits per heavy atom. The van der Waals surface area contributed by atoms with Gasteiger partial charge in [-0.25, -0.2) is 0 Å². The molecule has 5 nitrogen and oxygen atoms in total. The van der Waals surface area contributed by atoms with E-state index in [1.165, 1.54) is 6.92 Å². The number of carbonyl (C=O) groups is 2. The number of thiocarbonyl (C=S) groups is 1. The summed E-state index contributed by atoms with van der Waals surface area (Å²) >= 11 is 5.36. The molecule has 30 heavy (non-hydrogen) atoms. The summed E-state index contributed by atoms with van der Waals surface area (Å²) in [5, 5.41) is 8.78. The van der Waals surface area contributed by atoms with E-state index in [-0.39, 0.29) is 16.9 Å². The molecule has 0 aliphatic rings. The van der Waals surface area contributed by atoms with Crippen molar-refractivity contribution >= 4 is 40.5 Å². The van der Waals surface area contributed by atoms with Crippen LogP contribution >= 0.6 is 12.2 Å². The molecule has 0 aromatic heterocycles. The summed E-state index contributed by atoms with van der Waals surface area (Å²) in [5.74, 6) is -0.862. The Labute approximate surface area is 181 Å². The Kier molecular flexibility index (Phi) is 6.93. The van der Waals surface area contributed by atoms with E-state index in [2.05, 4.69) is 16.0 Å². The van der Waals surface area contributed by atoms with E-state index in [4.69, 9.17) is 12.2 Å². The predicted molar refractivity (Wildman–Crippen MR) is 125 cm³/mol. The number of carbonyl (C=O) groups excluding carboxylic acids is 2. The Hall–Kier alpha value is -3.51. The number of anilines is 2. The molecule has 0 unspecified atom stereocenters. The third-order valence-electron chi connectivity index (χ3n) is 4.57. The topological polar surface area (TPSA) is 70.2 Å². The molecule has 0 spiro atoms. The van der Waals surface area contributed by atoms with E-state index in [0.717, 1.165) is 16.7 Å². The summed E-state index contributed by atoms with van der Waals surface area (Å²) in [6.45, 7) is 3.36. The minimum atomic E-state index is -0.486. The van der Waals surface area contributed by atoms with Gasteiger partial charge in [0.05, 0.1) is 5.92 Å². The van der Waals surface area contributed by atoms with Gasteiger partial charge in [-0.15, -0.1) is 0 Å². The first-order valence-corrected chi connectivity index (χ1v) is 9.95. The fraction of sp³-hybridized carbons (Fsp3) is 0.125. The number of aryl methyl sites for hydroxylation is 1. The summed E-state index contributed by atoms with van der Waals surface area (Å²) in [6, 6.07) is 24.6. The highest BCUT2D eigenvalue weighted by atomic mass is 32.1. The number of hydrogen-bond acceptors (Lipinski definition) is 3. The van der Waals surface area contributed by atoms with Crippen molar-refractivity contribution in [3.8, 4) is 0 Å². The van der Waals surface area contributed by atoms with Gasteiger partial charge in [0.25, 0.3) is 0 Å². The van der Waals surface area contributed by atoms with Crippen molar-refractivity contribution in [2.75, 3.05) is 10.6 Å². The lowest BCUT2D eigenvalue weighted by molar-refractivity contribution is -0.120. The molecule has 0 aliphatic heterocycles. The fourth-order valence-corrected chi connectivity index (χ4v) is 3.38. The largest absolute Gasteiger partial charge is 0.332 e. The second-order valence-electron chi connectivity index (χ2n) is 6.91. The van der Waals surface area contributed by atoms with E-state index in [0.29, 0.717) is 11.4 Å². The van der Waals surface area contributed by atoms with Crippen LogP contribution in [0.1, 0.15) is 29.5 Å². The minimum absolute atomic E-state index is 0.153. The van der Waals surface area contributed by atoms with Crippen LogP contribution in [0.25, 0.3) is 0 Å². The van der Waals surface area contributed by atoms with Crippen LogP contribution < -0.4 is 16.0 Å². The predicted octanol–water partition coefficient (Wildman–Crippen LogP) is 4.60. The highest BCUT2D eigenvalue weighted by Gasteiger charge is 2.23. The quantitative estimate of drug-likeness (QED) is 0.531. The van der Waals surface area contributed by atoms with Crippen LogP contribution in [0.2, 0.25) is 0 Å². The molecule has 3 N–H and O–H groups in total. The number of hydrogen-bond donors (Lipinski definition) is 3. The average Bonchev–Trinajstić information content (AvgIpc) is 2.72. The number of nitrogens with one attached hydrogen (secondary N) is 3. The first kappa shape index (κ1) is 21.2. The summed E-state index contributed by atoms with van der Waals surface area (Å²) < 4.78 is 0. The lowest BCUT2D eigenvalue weighted by atomic mass is 9.90. The first-order chi connectivity index (χ1) is 14.4. The van der Waals surface area contributed by atoms with Crippen LogP contribution in [0.4, 0.5) is 11.4 Å². The molecule has 3 aromatic rings. The van der Waals surface area contributed by atoms with Gasteiger partial charge in [-0.3, -0.25) is 9.59 Å². The molecule has 0 saturated carbocycles. The Bertz CT molecular complexity index is 1010. The van der Waals surface area contributed by atoms with Gasteiger partial charge in [0.15, 0.2) is 5.11 Å². The third-order valence-corrected chi connectivity index (χ3v) is 4.77. The fourth-order valence-electron chi connectivity index (χ4n) is 3.16. The maximum absolute atomic E-state index is 13.1. The van der Waals surface area contributed by atoms with E-state index in [1.54, 1.807) is 6.07 Å². The zero-order valence-electron chi connectivity index (χ0n) is 16.8. The molecule has 6 heteroatoms. The van der Waals surface area contributed by atoms with Crippen LogP contribution in [0.5, 0.6) is 0 Å². The molecule has 0 aliphatic carbocycles. The van der Waals surface area contributed by atoms with E-state index >= 15 is 0 Å². The number of amides is 2. The van der Waals surface area contributed by atoms with E-state index in [9.17, 15) is 9.59 Å². The monoisotopic (exact) mass is 417 g/mol. The lowest BCUT2D eigenvalue weighted by Crippen LogP contribution is -2.37. The van der Waals surface area contributed by atoms with Crippen molar-refractivity contribution in [3.05, 3.63) is 95.6 Å². The van der Waals surface area contributed by atoms with E-state index < -0.39 is 5.92 Å². The van der Waals surface area contributed by atoms with Crippen molar-refractivity contribution in [2.24, 2.45) is 0 Å². The molecule has 0 radical (unpaired) electrons. The molecule has 3 aromatic carbocycles. The molecule has 152 valence electrons. The number of rotatable bonds is 5. The second-order valence-corrected chi connectivity index (χ2v) is 7.32. The molecule has 2 amide bonds. The molecule has 0 saturated heterocycles. The molecular formula is C24H23N3O2S. The van der Waals surface area contributed by atoms with Gasteiger partial charge in [-0.1, -0.05) is 66.7 Å². The van der Waals surface area contributed by atoms with Gasteiger partial charge >= 0.3 is 0 Å². The standard InChI is InChI=1S/C24H23N3O2S/c1-16-13-14-20(15-21(16)25-17(2)28)26-24(30)27-23(29)22(18-9-5-3-6-10-18)19-11-7-4-8-12-19/h3-15,22H,1-2H3,(H,25,28)(H2,26,27,29,30). The smallest absolute Gasteiger partial charge is 0.238 e. The Morgan fingerprint density at radius 1 is 0.833 bits per heavy atom. The lowest BCUT2D eigenvalue weighted by Gasteiger charge is -2.19. The molecule has 0 heterocycles. The van der Waals surface area contributed by atoms with Gasteiger partial charge in [0, 0.05) is 18.3 Å². The van der Waals surface area contributed by atoms with Crippen LogP contribution in [-0.4, -0.2) is 16.9 Å². The van der Waals surface area contributed by atoms with Crippen LogP contribution in [-0.2, 0) is 9.59 Å². The summed E-state index contributed by atoms with van der Waals surface area (Å²) in [4.78, 5) is 24.5.